The molecule has 0 saturated heterocycles. The van der Waals surface area contributed by atoms with Gasteiger partial charge in [0.25, 0.3) is 5.91 Å². The van der Waals surface area contributed by atoms with Gasteiger partial charge in [0.05, 0.1) is 11.0 Å². The average molecular weight is 419 g/mol. The third-order valence-corrected chi connectivity index (χ3v) is 4.62. The van der Waals surface area contributed by atoms with Gasteiger partial charge in [0.1, 0.15) is 5.69 Å². The molecular formula is C19H23BrN4O2. The van der Waals surface area contributed by atoms with Crippen molar-refractivity contribution in [3.05, 3.63) is 46.7 Å². The number of nitrogens with zero attached hydrogens (tertiary/aromatic N) is 3. The number of para-hydroxylation sites is 2. The predicted octanol–water partition coefficient (Wildman–Crippen LogP) is 4.30. The van der Waals surface area contributed by atoms with E-state index >= 15 is 0 Å². The molecule has 0 spiro atoms. The van der Waals surface area contributed by atoms with Gasteiger partial charge in [-0.1, -0.05) is 12.1 Å². The van der Waals surface area contributed by atoms with Crippen molar-refractivity contribution in [2.45, 2.75) is 33.4 Å². The number of hydrogen-bond donors (Lipinski definition) is 1. The molecule has 0 aliphatic carbocycles. The quantitative estimate of drug-likeness (QED) is 0.554. The lowest BCUT2D eigenvalue weighted by Gasteiger charge is -2.11. The predicted molar refractivity (Wildman–Crippen MR) is 107 cm³/mol. The number of hydrogen-bond acceptors (Lipinski definition) is 3. The Morgan fingerprint density at radius 1 is 1.31 bits per heavy atom. The number of halogens is 1. The number of anilines is 1. The standard InChI is InChI=1S/C19H23BrN4O2/c1-3-23-13-14(20)12-17(23)18(25)22-19-21-15-8-5-6-9-16(15)24(19)10-7-11-26-4-2/h5-6,8-9,12-13H,3-4,7,10-11H2,1-2H3,(H,21,22,25). The first kappa shape index (κ1) is 18.7. The minimum absolute atomic E-state index is 0.168. The van der Waals surface area contributed by atoms with E-state index in [1.807, 2.05) is 59.5 Å². The van der Waals surface area contributed by atoms with Crippen molar-refractivity contribution >= 4 is 38.8 Å². The number of ether oxygens (including phenoxy) is 1. The van der Waals surface area contributed by atoms with E-state index in [1.54, 1.807) is 0 Å². The Morgan fingerprint density at radius 3 is 2.88 bits per heavy atom. The summed E-state index contributed by atoms with van der Waals surface area (Å²) in [5, 5.41) is 2.98. The van der Waals surface area contributed by atoms with Gasteiger partial charge in [0.2, 0.25) is 5.95 Å². The fourth-order valence-corrected chi connectivity index (χ4v) is 3.42. The number of imidazole rings is 1. The lowest BCUT2D eigenvalue weighted by Crippen LogP contribution is -2.19. The molecule has 138 valence electrons. The summed E-state index contributed by atoms with van der Waals surface area (Å²) in [4.78, 5) is 17.4. The maximum Gasteiger partial charge on any atom is 0.274 e. The van der Waals surface area contributed by atoms with Crippen LogP contribution in [0.3, 0.4) is 0 Å². The molecule has 3 rings (SSSR count). The smallest absolute Gasteiger partial charge is 0.274 e. The molecule has 3 aromatic rings. The molecule has 0 unspecified atom stereocenters. The summed E-state index contributed by atoms with van der Waals surface area (Å²) in [6, 6.07) is 9.72. The first-order valence-corrected chi connectivity index (χ1v) is 9.63. The van der Waals surface area contributed by atoms with Crippen molar-refractivity contribution in [1.29, 1.82) is 0 Å². The zero-order valence-electron chi connectivity index (χ0n) is 15.0. The van der Waals surface area contributed by atoms with Crippen LogP contribution in [0.5, 0.6) is 0 Å². The van der Waals surface area contributed by atoms with Crippen LogP contribution < -0.4 is 5.32 Å². The van der Waals surface area contributed by atoms with E-state index in [1.165, 1.54) is 0 Å². The Morgan fingerprint density at radius 2 is 2.12 bits per heavy atom. The van der Waals surface area contributed by atoms with Crippen molar-refractivity contribution in [3.8, 4) is 0 Å². The Balaban J connectivity index is 1.87. The van der Waals surface area contributed by atoms with Gasteiger partial charge in [-0.05, 0) is 54.4 Å². The summed E-state index contributed by atoms with van der Waals surface area (Å²) in [5.41, 5.74) is 2.48. The molecule has 7 heteroatoms. The lowest BCUT2D eigenvalue weighted by molar-refractivity contribution is 0.101. The molecular weight excluding hydrogens is 396 g/mol. The number of aromatic nitrogens is 3. The first-order chi connectivity index (χ1) is 12.6. The maximum atomic E-state index is 12.8. The molecule has 2 aromatic heterocycles. The van der Waals surface area contributed by atoms with Crippen molar-refractivity contribution < 1.29 is 9.53 Å². The van der Waals surface area contributed by atoms with Crippen molar-refractivity contribution in [1.82, 2.24) is 14.1 Å². The number of fused-ring (bicyclic) bond motifs is 1. The highest BCUT2D eigenvalue weighted by molar-refractivity contribution is 9.10. The van der Waals surface area contributed by atoms with E-state index < -0.39 is 0 Å². The van der Waals surface area contributed by atoms with Gasteiger partial charge in [-0.2, -0.15) is 0 Å². The number of amides is 1. The van der Waals surface area contributed by atoms with Crippen molar-refractivity contribution in [3.63, 3.8) is 0 Å². The molecule has 1 N–H and O–H groups in total. The molecule has 0 saturated carbocycles. The summed E-state index contributed by atoms with van der Waals surface area (Å²) >= 11 is 3.43. The van der Waals surface area contributed by atoms with Crippen LogP contribution in [0.4, 0.5) is 5.95 Å². The molecule has 2 heterocycles. The van der Waals surface area contributed by atoms with Crippen LogP contribution in [0.15, 0.2) is 41.0 Å². The van der Waals surface area contributed by atoms with Crippen LogP contribution in [0.25, 0.3) is 11.0 Å². The fourth-order valence-electron chi connectivity index (χ4n) is 2.96. The number of benzene rings is 1. The van der Waals surface area contributed by atoms with Crippen LogP contribution in [0.1, 0.15) is 30.8 Å². The second-order valence-electron chi connectivity index (χ2n) is 5.91. The van der Waals surface area contributed by atoms with Crippen molar-refractivity contribution in [2.75, 3.05) is 18.5 Å². The lowest BCUT2D eigenvalue weighted by atomic mass is 10.3. The van der Waals surface area contributed by atoms with Gasteiger partial charge in [-0.25, -0.2) is 4.98 Å². The molecule has 0 fully saturated rings. The second-order valence-corrected chi connectivity index (χ2v) is 6.83. The highest BCUT2D eigenvalue weighted by Crippen LogP contribution is 2.22. The average Bonchev–Trinajstić information content (AvgIpc) is 3.19. The normalized spacial score (nSPS) is 11.2. The third kappa shape index (κ3) is 3.99. The second kappa shape index (κ2) is 8.51. The number of nitrogens with one attached hydrogen (secondary N) is 1. The Bertz CT molecular complexity index is 900. The number of carbonyl (C=O) groups excluding carboxylic acids is 1. The van der Waals surface area contributed by atoms with Gasteiger partial charge >= 0.3 is 0 Å². The Kier molecular flexibility index (Phi) is 6.11. The van der Waals surface area contributed by atoms with Gasteiger partial charge < -0.3 is 13.9 Å². The van der Waals surface area contributed by atoms with Gasteiger partial charge in [-0.3, -0.25) is 10.1 Å². The highest BCUT2D eigenvalue weighted by atomic mass is 79.9. The Hall–Kier alpha value is -2.12. The monoisotopic (exact) mass is 418 g/mol. The fraction of sp³-hybridized carbons (Fsp3) is 0.368. The van der Waals surface area contributed by atoms with Crippen LogP contribution in [-0.4, -0.2) is 33.2 Å². The minimum Gasteiger partial charge on any atom is -0.382 e. The molecule has 6 nitrogen and oxygen atoms in total. The highest BCUT2D eigenvalue weighted by Gasteiger charge is 2.17. The minimum atomic E-state index is -0.168. The molecule has 0 atom stereocenters. The molecule has 0 radical (unpaired) electrons. The van der Waals surface area contributed by atoms with Gasteiger partial charge in [-0.15, -0.1) is 0 Å². The molecule has 0 aliphatic heterocycles. The molecule has 0 aliphatic rings. The number of carbonyl (C=O) groups is 1. The summed E-state index contributed by atoms with van der Waals surface area (Å²) in [5.74, 6) is 0.395. The summed E-state index contributed by atoms with van der Waals surface area (Å²) < 4.78 is 10.3. The summed E-state index contributed by atoms with van der Waals surface area (Å²) in [6.07, 6.45) is 2.76. The zero-order chi connectivity index (χ0) is 18.5. The summed E-state index contributed by atoms with van der Waals surface area (Å²) in [7, 11) is 0. The summed E-state index contributed by atoms with van der Waals surface area (Å²) in [6.45, 7) is 6.83. The molecule has 1 aromatic carbocycles. The van der Waals surface area contributed by atoms with E-state index in [4.69, 9.17) is 4.74 Å². The topological polar surface area (TPSA) is 61.1 Å². The van der Waals surface area contributed by atoms with Gasteiger partial charge in [0, 0.05) is 37.0 Å². The van der Waals surface area contributed by atoms with E-state index in [-0.39, 0.29) is 5.91 Å². The van der Waals surface area contributed by atoms with E-state index in [0.717, 1.165) is 35.0 Å². The van der Waals surface area contributed by atoms with Crippen LogP contribution in [0.2, 0.25) is 0 Å². The molecule has 26 heavy (non-hydrogen) atoms. The zero-order valence-corrected chi connectivity index (χ0v) is 16.6. The number of rotatable bonds is 8. The van der Waals surface area contributed by atoms with Crippen LogP contribution in [-0.2, 0) is 17.8 Å². The number of aryl methyl sites for hydroxylation is 2. The SMILES string of the molecule is CCOCCCn1c(NC(=O)c2cc(Br)cn2CC)nc2ccccc21. The van der Waals surface area contributed by atoms with E-state index in [2.05, 4.69) is 26.2 Å². The van der Waals surface area contributed by atoms with E-state index in [0.29, 0.717) is 24.9 Å². The van der Waals surface area contributed by atoms with Crippen LogP contribution in [0, 0.1) is 0 Å². The third-order valence-electron chi connectivity index (χ3n) is 4.19. The maximum absolute atomic E-state index is 12.8. The van der Waals surface area contributed by atoms with Crippen molar-refractivity contribution in [2.24, 2.45) is 0 Å². The Labute approximate surface area is 161 Å². The molecule has 0 bridgehead atoms. The largest absolute Gasteiger partial charge is 0.382 e. The van der Waals surface area contributed by atoms with Gasteiger partial charge in [0.15, 0.2) is 0 Å². The van der Waals surface area contributed by atoms with Crippen LogP contribution >= 0.6 is 15.9 Å². The van der Waals surface area contributed by atoms with E-state index in [9.17, 15) is 4.79 Å². The first-order valence-electron chi connectivity index (χ1n) is 8.84. The molecule has 1 amide bonds.